The quantitative estimate of drug-likeness (QED) is 0.675. The second-order valence-corrected chi connectivity index (χ2v) is 4.55. The first kappa shape index (κ1) is 11.6. The molecule has 96 valence electrons. The zero-order valence-electron chi connectivity index (χ0n) is 11.1. The molecule has 2 heterocycles. The molecule has 0 unspecified atom stereocenters. The van der Waals surface area contributed by atoms with Crippen LogP contribution >= 0.6 is 0 Å². The van der Waals surface area contributed by atoms with Crippen LogP contribution in [0.4, 0.5) is 5.82 Å². The van der Waals surface area contributed by atoms with Crippen LogP contribution in [0.3, 0.4) is 0 Å². The van der Waals surface area contributed by atoms with Crippen LogP contribution in [0.5, 0.6) is 5.75 Å². The highest BCUT2D eigenvalue weighted by atomic mass is 16.5. The first-order valence-corrected chi connectivity index (χ1v) is 5.97. The Morgan fingerprint density at radius 2 is 1.84 bits per heavy atom. The highest BCUT2D eigenvalue weighted by Crippen LogP contribution is 2.29. The first-order chi connectivity index (χ1) is 9.08. The predicted molar refractivity (Wildman–Crippen MR) is 75.3 cm³/mol. The molecule has 3 rings (SSSR count). The lowest BCUT2D eigenvalue weighted by molar-refractivity contribution is 0.418. The number of aromatic nitrogens is 3. The average molecular weight is 254 g/mol. The largest absolute Gasteiger partial charge is 0.494 e. The van der Waals surface area contributed by atoms with Crippen LogP contribution in [0.25, 0.3) is 21.9 Å². The molecule has 0 amide bonds. The Morgan fingerprint density at radius 3 is 2.58 bits per heavy atom. The van der Waals surface area contributed by atoms with Gasteiger partial charge in [0.1, 0.15) is 22.9 Å². The topological polar surface area (TPSA) is 73.9 Å². The van der Waals surface area contributed by atoms with Gasteiger partial charge in [-0.15, -0.1) is 0 Å². The Labute approximate surface area is 110 Å². The molecule has 0 bridgehead atoms. The molecule has 2 N–H and O–H groups in total. The number of pyridine rings is 1. The van der Waals surface area contributed by atoms with Crippen LogP contribution < -0.4 is 10.5 Å². The van der Waals surface area contributed by atoms with Crippen LogP contribution in [0.15, 0.2) is 18.2 Å². The maximum atomic E-state index is 5.93. The van der Waals surface area contributed by atoms with Crippen molar-refractivity contribution in [1.82, 2.24) is 15.0 Å². The standard InChI is InChI=1S/C14H14N4O/c1-7-4-9-6-10-13(15)16-8(2)17-14(10)18-12(9)11(5-7)19-3/h4-6H,1-3H3,(H2,15,16,17,18). The number of hydrogen-bond acceptors (Lipinski definition) is 5. The van der Waals surface area contributed by atoms with Crippen LogP contribution in [-0.4, -0.2) is 22.1 Å². The molecule has 5 nitrogen and oxygen atoms in total. The number of methoxy groups -OCH3 is 1. The third kappa shape index (κ3) is 1.83. The third-order valence-corrected chi connectivity index (χ3v) is 3.05. The average Bonchev–Trinajstić information content (AvgIpc) is 2.36. The summed E-state index contributed by atoms with van der Waals surface area (Å²) < 4.78 is 5.38. The molecule has 0 spiro atoms. The van der Waals surface area contributed by atoms with Gasteiger partial charge in [-0.3, -0.25) is 0 Å². The van der Waals surface area contributed by atoms with Gasteiger partial charge in [0, 0.05) is 5.39 Å². The highest BCUT2D eigenvalue weighted by molar-refractivity contribution is 5.98. The number of rotatable bonds is 1. The molecular weight excluding hydrogens is 240 g/mol. The summed E-state index contributed by atoms with van der Waals surface area (Å²) in [6.07, 6.45) is 0. The monoisotopic (exact) mass is 254 g/mol. The zero-order valence-corrected chi connectivity index (χ0v) is 11.1. The molecule has 2 aromatic heterocycles. The summed E-state index contributed by atoms with van der Waals surface area (Å²) in [5.41, 5.74) is 8.43. The molecule has 0 saturated heterocycles. The van der Waals surface area contributed by atoms with Crippen LogP contribution in [0.2, 0.25) is 0 Å². The van der Waals surface area contributed by atoms with E-state index in [0.29, 0.717) is 17.3 Å². The lowest BCUT2D eigenvalue weighted by atomic mass is 10.1. The van der Waals surface area contributed by atoms with Gasteiger partial charge in [0.15, 0.2) is 5.65 Å². The molecule has 0 radical (unpaired) electrons. The summed E-state index contributed by atoms with van der Waals surface area (Å²) in [5, 5.41) is 1.74. The smallest absolute Gasteiger partial charge is 0.165 e. The lowest BCUT2D eigenvalue weighted by Crippen LogP contribution is -1.99. The van der Waals surface area contributed by atoms with Crippen molar-refractivity contribution in [2.24, 2.45) is 0 Å². The van der Waals surface area contributed by atoms with Gasteiger partial charge >= 0.3 is 0 Å². The molecule has 0 atom stereocenters. The number of fused-ring (bicyclic) bond motifs is 2. The summed E-state index contributed by atoms with van der Waals surface area (Å²) in [6, 6.07) is 5.96. The summed E-state index contributed by atoms with van der Waals surface area (Å²) in [4.78, 5) is 13.1. The number of ether oxygens (including phenoxy) is 1. The van der Waals surface area contributed by atoms with Gasteiger partial charge in [-0.25, -0.2) is 15.0 Å². The Balaban J connectivity index is 2.48. The molecule has 0 aliphatic heterocycles. The van der Waals surface area contributed by atoms with Crippen molar-refractivity contribution in [1.29, 1.82) is 0 Å². The fourth-order valence-electron chi connectivity index (χ4n) is 2.23. The van der Waals surface area contributed by atoms with E-state index in [0.717, 1.165) is 27.6 Å². The van der Waals surface area contributed by atoms with Crippen molar-refractivity contribution in [2.45, 2.75) is 13.8 Å². The van der Waals surface area contributed by atoms with Crippen LogP contribution in [-0.2, 0) is 0 Å². The lowest BCUT2D eigenvalue weighted by Gasteiger charge is -2.08. The number of nitrogen functional groups attached to an aromatic ring is 1. The Morgan fingerprint density at radius 1 is 1.05 bits per heavy atom. The van der Waals surface area contributed by atoms with Gasteiger partial charge in [0.05, 0.1) is 12.5 Å². The van der Waals surface area contributed by atoms with E-state index >= 15 is 0 Å². The molecule has 0 aliphatic rings. The number of nitrogens with two attached hydrogens (primary N) is 1. The van der Waals surface area contributed by atoms with E-state index in [-0.39, 0.29) is 0 Å². The van der Waals surface area contributed by atoms with E-state index in [9.17, 15) is 0 Å². The van der Waals surface area contributed by atoms with Crippen molar-refractivity contribution < 1.29 is 4.74 Å². The highest BCUT2D eigenvalue weighted by Gasteiger charge is 2.10. The van der Waals surface area contributed by atoms with Gasteiger partial charge < -0.3 is 10.5 Å². The number of anilines is 1. The molecule has 5 heteroatoms. The molecule has 1 aromatic carbocycles. The molecule has 0 aliphatic carbocycles. The molecule has 0 fully saturated rings. The van der Waals surface area contributed by atoms with E-state index in [2.05, 4.69) is 15.0 Å². The number of nitrogens with zero attached hydrogens (tertiary/aromatic N) is 3. The van der Waals surface area contributed by atoms with E-state index in [1.165, 1.54) is 0 Å². The van der Waals surface area contributed by atoms with Crippen molar-refractivity contribution in [3.63, 3.8) is 0 Å². The van der Waals surface area contributed by atoms with Gasteiger partial charge in [-0.2, -0.15) is 0 Å². The van der Waals surface area contributed by atoms with Crippen LogP contribution in [0, 0.1) is 13.8 Å². The summed E-state index contributed by atoms with van der Waals surface area (Å²) >= 11 is 0. The second kappa shape index (κ2) is 4.05. The van der Waals surface area contributed by atoms with Gasteiger partial charge in [-0.05, 0) is 37.6 Å². The van der Waals surface area contributed by atoms with E-state index in [1.54, 1.807) is 14.0 Å². The SMILES string of the molecule is COc1cc(C)cc2cc3c(N)nc(C)nc3nc12. The zero-order chi connectivity index (χ0) is 13.6. The fraction of sp³-hybridized carbons (Fsp3) is 0.214. The maximum Gasteiger partial charge on any atom is 0.165 e. The Bertz CT molecular complexity index is 798. The van der Waals surface area contributed by atoms with Gasteiger partial charge in [0.25, 0.3) is 0 Å². The molecular formula is C14H14N4O. The minimum absolute atomic E-state index is 0.456. The van der Waals surface area contributed by atoms with E-state index < -0.39 is 0 Å². The maximum absolute atomic E-state index is 5.93. The van der Waals surface area contributed by atoms with Crippen molar-refractivity contribution in [2.75, 3.05) is 12.8 Å². The van der Waals surface area contributed by atoms with Gasteiger partial charge in [0.2, 0.25) is 0 Å². The van der Waals surface area contributed by atoms with Crippen LogP contribution in [0.1, 0.15) is 11.4 Å². The first-order valence-electron chi connectivity index (χ1n) is 5.97. The minimum Gasteiger partial charge on any atom is -0.494 e. The number of hydrogen-bond donors (Lipinski definition) is 1. The minimum atomic E-state index is 0.456. The van der Waals surface area contributed by atoms with Crippen molar-refractivity contribution in [3.05, 3.63) is 29.6 Å². The van der Waals surface area contributed by atoms with E-state index in [4.69, 9.17) is 10.5 Å². The summed E-state index contributed by atoms with van der Waals surface area (Å²) in [6.45, 7) is 3.81. The van der Waals surface area contributed by atoms with E-state index in [1.807, 2.05) is 25.1 Å². The molecule has 3 aromatic rings. The number of aryl methyl sites for hydroxylation is 2. The summed E-state index contributed by atoms with van der Waals surface area (Å²) in [7, 11) is 1.64. The molecule has 19 heavy (non-hydrogen) atoms. The normalized spacial score (nSPS) is 11.1. The molecule has 0 saturated carbocycles. The van der Waals surface area contributed by atoms with Gasteiger partial charge in [-0.1, -0.05) is 0 Å². The second-order valence-electron chi connectivity index (χ2n) is 4.55. The number of benzene rings is 1. The Hall–Kier alpha value is -2.43. The van der Waals surface area contributed by atoms with Crippen molar-refractivity contribution >= 4 is 27.8 Å². The summed E-state index contributed by atoms with van der Waals surface area (Å²) in [5.74, 6) is 1.81. The Kier molecular flexibility index (Phi) is 2.48. The fourth-order valence-corrected chi connectivity index (χ4v) is 2.23. The van der Waals surface area contributed by atoms with Crippen molar-refractivity contribution in [3.8, 4) is 5.75 Å². The third-order valence-electron chi connectivity index (χ3n) is 3.05. The predicted octanol–water partition coefficient (Wildman–Crippen LogP) is 2.39.